The zero-order chi connectivity index (χ0) is 10.2. The van der Waals surface area contributed by atoms with Gasteiger partial charge in [-0.2, -0.15) is 0 Å². The molecule has 0 atom stereocenters. The van der Waals surface area contributed by atoms with Crippen LogP contribution in [0.15, 0.2) is 24.3 Å². The molecule has 14 heavy (non-hydrogen) atoms. The summed E-state index contributed by atoms with van der Waals surface area (Å²) < 4.78 is 0. The Bertz CT molecular complexity index is 246. The molecule has 0 aliphatic carbocycles. The quantitative estimate of drug-likeness (QED) is 0.594. The summed E-state index contributed by atoms with van der Waals surface area (Å²) in [5, 5.41) is 15.6. The monoisotopic (exact) mass is 194 g/mol. The van der Waals surface area contributed by atoms with Crippen LogP contribution in [0.25, 0.3) is 0 Å². The van der Waals surface area contributed by atoms with E-state index in [2.05, 4.69) is 17.6 Å². The summed E-state index contributed by atoms with van der Waals surface area (Å²) in [6.45, 7) is 5.93. The molecule has 0 bridgehead atoms. The minimum absolute atomic E-state index is 0.321. The summed E-state index contributed by atoms with van der Waals surface area (Å²) in [6, 6.07) is 7.27. The topological polar surface area (TPSA) is 44.3 Å². The second-order valence-corrected chi connectivity index (χ2v) is 3.20. The highest BCUT2D eigenvalue weighted by Crippen LogP contribution is 2.08. The van der Waals surface area contributed by atoms with E-state index >= 15 is 0 Å². The van der Waals surface area contributed by atoms with E-state index in [1.165, 1.54) is 5.56 Å². The summed E-state index contributed by atoms with van der Waals surface area (Å²) in [6.07, 6.45) is 0. The van der Waals surface area contributed by atoms with E-state index in [1.54, 1.807) is 12.1 Å². The Morgan fingerprint density at radius 1 is 1.07 bits per heavy atom. The average Bonchev–Trinajstić information content (AvgIpc) is 2.21. The molecule has 0 saturated carbocycles. The highest BCUT2D eigenvalue weighted by atomic mass is 16.3. The Balaban J connectivity index is 2.15. The first kappa shape index (κ1) is 11.0. The van der Waals surface area contributed by atoms with Gasteiger partial charge in [0.2, 0.25) is 0 Å². The molecule has 0 aromatic heterocycles. The van der Waals surface area contributed by atoms with Crippen molar-refractivity contribution >= 4 is 0 Å². The summed E-state index contributed by atoms with van der Waals surface area (Å²) >= 11 is 0. The first-order valence-corrected chi connectivity index (χ1v) is 5.02. The van der Waals surface area contributed by atoms with Crippen molar-refractivity contribution in [2.24, 2.45) is 0 Å². The molecule has 3 nitrogen and oxygen atoms in total. The van der Waals surface area contributed by atoms with E-state index in [-0.39, 0.29) is 0 Å². The SMILES string of the molecule is CCNCCNCc1ccc(O)cc1. The molecule has 0 unspecified atom stereocenters. The Morgan fingerprint density at radius 3 is 2.36 bits per heavy atom. The van der Waals surface area contributed by atoms with Crippen molar-refractivity contribution in [1.82, 2.24) is 10.6 Å². The smallest absolute Gasteiger partial charge is 0.115 e. The molecule has 3 heteroatoms. The molecule has 0 radical (unpaired) electrons. The third-order valence-electron chi connectivity index (χ3n) is 1.99. The van der Waals surface area contributed by atoms with Crippen LogP contribution in [-0.2, 0) is 6.54 Å². The minimum atomic E-state index is 0.321. The summed E-state index contributed by atoms with van der Waals surface area (Å²) in [4.78, 5) is 0. The van der Waals surface area contributed by atoms with Crippen LogP contribution in [0.1, 0.15) is 12.5 Å². The lowest BCUT2D eigenvalue weighted by molar-refractivity contribution is 0.475. The Kier molecular flexibility index (Phi) is 5.04. The number of aromatic hydroxyl groups is 1. The number of rotatable bonds is 6. The Labute approximate surface area is 85.2 Å². The van der Waals surface area contributed by atoms with Crippen molar-refractivity contribution in [2.75, 3.05) is 19.6 Å². The van der Waals surface area contributed by atoms with Crippen molar-refractivity contribution in [3.8, 4) is 5.75 Å². The number of hydrogen-bond acceptors (Lipinski definition) is 3. The van der Waals surface area contributed by atoms with Gasteiger partial charge in [-0.3, -0.25) is 0 Å². The summed E-state index contributed by atoms with van der Waals surface area (Å²) in [5.41, 5.74) is 1.19. The molecule has 1 aromatic carbocycles. The van der Waals surface area contributed by atoms with Gasteiger partial charge in [0.05, 0.1) is 0 Å². The predicted molar refractivity (Wildman–Crippen MR) is 58.4 cm³/mol. The number of phenols is 1. The minimum Gasteiger partial charge on any atom is -0.508 e. The first-order valence-electron chi connectivity index (χ1n) is 5.02. The van der Waals surface area contributed by atoms with E-state index in [9.17, 15) is 0 Å². The number of benzene rings is 1. The van der Waals surface area contributed by atoms with Gasteiger partial charge in [-0.25, -0.2) is 0 Å². The first-order chi connectivity index (χ1) is 6.83. The van der Waals surface area contributed by atoms with Crippen molar-refractivity contribution in [3.63, 3.8) is 0 Å². The molecule has 1 rings (SSSR count). The molecule has 0 fully saturated rings. The number of likely N-dealkylation sites (N-methyl/N-ethyl adjacent to an activating group) is 1. The fourth-order valence-corrected chi connectivity index (χ4v) is 1.20. The zero-order valence-corrected chi connectivity index (χ0v) is 8.59. The van der Waals surface area contributed by atoms with Gasteiger partial charge in [0, 0.05) is 19.6 Å². The standard InChI is InChI=1S/C11H18N2O/c1-2-12-7-8-13-9-10-3-5-11(14)6-4-10/h3-6,12-14H,2,7-9H2,1H3. The van der Waals surface area contributed by atoms with E-state index in [1.807, 2.05) is 12.1 Å². The highest BCUT2D eigenvalue weighted by molar-refractivity contribution is 5.25. The van der Waals surface area contributed by atoms with Crippen molar-refractivity contribution < 1.29 is 5.11 Å². The van der Waals surface area contributed by atoms with Crippen molar-refractivity contribution in [3.05, 3.63) is 29.8 Å². The van der Waals surface area contributed by atoms with Crippen LogP contribution < -0.4 is 10.6 Å². The van der Waals surface area contributed by atoms with Gasteiger partial charge in [0.1, 0.15) is 5.75 Å². The van der Waals surface area contributed by atoms with Crippen LogP contribution in [0.3, 0.4) is 0 Å². The molecule has 0 aliphatic rings. The lowest BCUT2D eigenvalue weighted by atomic mass is 10.2. The van der Waals surface area contributed by atoms with Gasteiger partial charge in [-0.1, -0.05) is 19.1 Å². The van der Waals surface area contributed by atoms with Crippen LogP contribution in [-0.4, -0.2) is 24.7 Å². The molecule has 3 N–H and O–H groups in total. The van der Waals surface area contributed by atoms with Gasteiger partial charge >= 0.3 is 0 Å². The Morgan fingerprint density at radius 2 is 1.71 bits per heavy atom. The molecular formula is C11H18N2O. The van der Waals surface area contributed by atoms with Crippen molar-refractivity contribution in [2.45, 2.75) is 13.5 Å². The third-order valence-corrected chi connectivity index (χ3v) is 1.99. The van der Waals surface area contributed by atoms with Crippen LogP contribution in [0.2, 0.25) is 0 Å². The number of phenolic OH excluding ortho intramolecular Hbond substituents is 1. The molecule has 0 saturated heterocycles. The summed E-state index contributed by atoms with van der Waals surface area (Å²) in [7, 11) is 0. The number of nitrogens with one attached hydrogen (secondary N) is 2. The van der Waals surface area contributed by atoms with Gasteiger partial charge in [-0.05, 0) is 24.2 Å². The molecule has 0 heterocycles. The molecule has 78 valence electrons. The third kappa shape index (κ3) is 4.25. The summed E-state index contributed by atoms with van der Waals surface area (Å²) in [5.74, 6) is 0.321. The fraction of sp³-hybridized carbons (Fsp3) is 0.455. The molecule has 0 amide bonds. The molecule has 0 spiro atoms. The lowest BCUT2D eigenvalue weighted by Gasteiger charge is -2.05. The predicted octanol–water partition coefficient (Wildman–Crippen LogP) is 1.09. The van der Waals surface area contributed by atoms with Gasteiger partial charge < -0.3 is 15.7 Å². The second-order valence-electron chi connectivity index (χ2n) is 3.20. The maximum absolute atomic E-state index is 9.07. The molecule has 1 aromatic rings. The molecular weight excluding hydrogens is 176 g/mol. The van der Waals surface area contributed by atoms with Crippen LogP contribution in [0.4, 0.5) is 0 Å². The van der Waals surface area contributed by atoms with Crippen molar-refractivity contribution in [1.29, 1.82) is 0 Å². The van der Waals surface area contributed by atoms with Gasteiger partial charge in [0.25, 0.3) is 0 Å². The maximum atomic E-state index is 9.07. The van der Waals surface area contributed by atoms with Crippen LogP contribution in [0.5, 0.6) is 5.75 Å². The van der Waals surface area contributed by atoms with E-state index in [4.69, 9.17) is 5.11 Å². The normalized spacial score (nSPS) is 10.4. The largest absolute Gasteiger partial charge is 0.508 e. The highest BCUT2D eigenvalue weighted by Gasteiger charge is 1.92. The average molecular weight is 194 g/mol. The van der Waals surface area contributed by atoms with E-state index in [0.29, 0.717) is 5.75 Å². The van der Waals surface area contributed by atoms with Crippen LogP contribution >= 0.6 is 0 Å². The lowest BCUT2D eigenvalue weighted by Crippen LogP contribution is -2.26. The van der Waals surface area contributed by atoms with Gasteiger partial charge in [-0.15, -0.1) is 0 Å². The molecule has 0 aliphatic heterocycles. The van der Waals surface area contributed by atoms with E-state index in [0.717, 1.165) is 26.2 Å². The Hall–Kier alpha value is -1.06. The fourth-order valence-electron chi connectivity index (χ4n) is 1.20. The zero-order valence-electron chi connectivity index (χ0n) is 8.59. The number of hydrogen-bond donors (Lipinski definition) is 3. The second kappa shape index (κ2) is 6.40. The van der Waals surface area contributed by atoms with E-state index < -0.39 is 0 Å². The van der Waals surface area contributed by atoms with Gasteiger partial charge in [0.15, 0.2) is 0 Å². The van der Waals surface area contributed by atoms with Crippen LogP contribution in [0, 0.1) is 0 Å². The maximum Gasteiger partial charge on any atom is 0.115 e.